The number of methoxy groups -OCH3 is 1. The highest BCUT2D eigenvalue weighted by Gasteiger charge is 2.81. The van der Waals surface area contributed by atoms with E-state index in [0.29, 0.717) is 5.92 Å². The first-order valence-electron chi connectivity index (χ1n) is 6.42. The molecule has 0 bridgehead atoms. The highest BCUT2D eigenvalue weighted by Crippen LogP contribution is 2.82. The van der Waals surface area contributed by atoms with Gasteiger partial charge in [-0.2, -0.15) is 0 Å². The molecule has 0 unspecified atom stereocenters. The summed E-state index contributed by atoms with van der Waals surface area (Å²) >= 11 is 0. The van der Waals surface area contributed by atoms with Gasteiger partial charge in [-0.05, 0) is 49.9 Å². The summed E-state index contributed by atoms with van der Waals surface area (Å²) in [4.78, 5) is 12.0. The van der Waals surface area contributed by atoms with Gasteiger partial charge in [0.05, 0.1) is 18.1 Å². The lowest BCUT2D eigenvalue weighted by Gasteiger charge is -2.33. The SMILES string of the molecule is COC(=O)C1([C@]23CCOC4(CC4)[C@H]2C3)CC1. The van der Waals surface area contributed by atoms with Crippen LogP contribution in [0.2, 0.25) is 0 Å². The van der Waals surface area contributed by atoms with Crippen molar-refractivity contribution in [3.05, 3.63) is 0 Å². The standard InChI is InChI=1S/C13H18O3/c1-15-10(14)11(2-3-11)12-6-7-16-13(4-5-13)9(12)8-12/h9H,2-8H2,1H3/t9-,12-/m0/s1. The molecule has 16 heavy (non-hydrogen) atoms. The summed E-state index contributed by atoms with van der Waals surface area (Å²) in [5.74, 6) is 0.711. The average Bonchev–Trinajstić information content (AvgIpc) is 3.08. The van der Waals surface area contributed by atoms with Gasteiger partial charge in [0.25, 0.3) is 0 Å². The van der Waals surface area contributed by atoms with E-state index in [1.54, 1.807) is 0 Å². The van der Waals surface area contributed by atoms with E-state index >= 15 is 0 Å². The van der Waals surface area contributed by atoms with E-state index in [1.807, 2.05) is 0 Å². The molecule has 0 aromatic rings. The first kappa shape index (κ1) is 9.46. The molecule has 0 N–H and O–H groups in total. The number of rotatable bonds is 2. The van der Waals surface area contributed by atoms with E-state index in [0.717, 1.165) is 25.9 Å². The first-order valence-corrected chi connectivity index (χ1v) is 6.42. The summed E-state index contributed by atoms with van der Waals surface area (Å²) in [6.07, 6.45) is 6.82. The van der Waals surface area contributed by atoms with Crippen molar-refractivity contribution < 1.29 is 14.3 Å². The smallest absolute Gasteiger partial charge is 0.312 e. The van der Waals surface area contributed by atoms with Crippen molar-refractivity contribution in [2.24, 2.45) is 16.7 Å². The van der Waals surface area contributed by atoms with Crippen molar-refractivity contribution in [1.82, 2.24) is 0 Å². The van der Waals surface area contributed by atoms with Gasteiger partial charge in [0.2, 0.25) is 0 Å². The van der Waals surface area contributed by atoms with Gasteiger partial charge < -0.3 is 9.47 Å². The van der Waals surface area contributed by atoms with E-state index in [9.17, 15) is 4.79 Å². The molecule has 3 aliphatic carbocycles. The summed E-state index contributed by atoms with van der Waals surface area (Å²) in [5.41, 5.74) is 0.364. The maximum absolute atomic E-state index is 12.0. The predicted octanol–water partition coefficient (Wildman–Crippen LogP) is 1.90. The van der Waals surface area contributed by atoms with E-state index in [2.05, 4.69) is 0 Å². The molecule has 4 aliphatic rings. The van der Waals surface area contributed by atoms with Gasteiger partial charge in [0.1, 0.15) is 0 Å². The molecule has 1 aliphatic heterocycles. The number of hydrogen-bond donors (Lipinski definition) is 0. The van der Waals surface area contributed by atoms with Crippen LogP contribution < -0.4 is 0 Å². The van der Waals surface area contributed by atoms with Crippen LogP contribution in [-0.4, -0.2) is 25.3 Å². The summed E-state index contributed by atoms with van der Waals surface area (Å²) in [7, 11) is 1.53. The van der Waals surface area contributed by atoms with Gasteiger partial charge >= 0.3 is 5.97 Å². The lowest BCUT2D eigenvalue weighted by Crippen LogP contribution is -2.38. The fraction of sp³-hybridized carbons (Fsp3) is 0.923. The second-order valence-electron chi connectivity index (χ2n) is 6.15. The van der Waals surface area contributed by atoms with E-state index < -0.39 is 0 Å². The third kappa shape index (κ3) is 0.849. The number of fused-ring (bicyclic) bond motifs is 2. The Hall–Kier alpha value is -0.570. The Morgan fingerprint density at radius 3 is 2.56 bits per heavy atom. The Morgan fingerprint density at radius 2 is 2.00 bits per heavy atom. The van der Waals surface area contributed by atoms with Crippen LogP contribution in [0.4, 0.5) is 0 Å². The molecule has 3 saturated carbocycles. The number of carbonyl (C=O) groups excluding carboxylic acids is 1. The maximum atomic E-state index is 12.0. The van der Waals surface area contributed by atoms with Crippen molar-refractivity contribution in [2.75, 3.05) is 13.7 Å². The molecule has 0 aromatic carbocycles. The predicted molar refractivity (Wildman–Crippen MR) is 56.8 cm³/mol. The molecule has 2 atom stereocenters. The van der Waals surface area contributed by atoms with Crippen molar-refractivity contribution >= 4 is 5.97 Å². The third-order valence-corrected chi connectivity index (χ3v) is 5.67. The zero-order chi connectivity index (χ0) is 11.0. The van der Waals surface area contributed by atoms with Gasteiger partial charge in [-0.3, -0.25) is 4.79 Å². The highest BCUT2D eigenvalue weighted by molar-refractivity contribution is 5.82. The van der Waals surface area contributed by atoms with Crippen LogP contribution in [0, 0.1) is 16.7 Å². The fourth-order valence-electron chi connectivity index (χ4n) is 4.42. The largest absolute Gasteiger partial charge is 0.469 e. The van der Waals surface area contributed by atoms with Crippen LogP contribution in [0.15, 0.2) is 0 Å². The summed E-state index contributed by atoms with van der Waals surface area (Å²) < 4.78 is 11.0. The summed E-state index contributed by atoms with van der Waals surface area (Å²) in [5, 5.41) is 0. The molecule has 3 nitrogen and oxygen atoms in total. The van der Waals surface area contributed by atoms with Gasteiger partial charge in [-0.15, -0.1) is 0 Å². The zero-order valence-corrected chi connectivity index (χ0v) is 9.75. The highest BCUT2D eigenvalue weighted by atomic mass is 16.5. The lowest BCUT2D eigenvalue weighted by molar-refractivity contribution is -0.153. The molecular formula is C13H18O3. The first-order chi connectivity index (χ1) is 7.69. The Kier molecular flexibility index (Phi) is 1.46. The molecule has 1 saturated heterocycles. The Bertz CT molecular complexity index is 367. The van der Waals surface area contributed by atoms with Gasteiger partial charge in [-0.1, -0.05) is 0 Å². The average molecular weight is 222 g/mol. The molecule has 4 rings (SSSR count). The number of ether oxygens (including phenoxy) is 2. The molecule has 3 heteroatoms. The molecule has 1 heterocycles. The normalized spacial score (nSPS) is 44.7. The van der Waals surface area contributed by atoms with Crippen molar-refractivity contribution in [2.45, 2.75) is 44.1 Å². The monoisotopic (exact) mass is 222 g/mol. The van der Waals surface area contributed by atoms with Crippen LogP contribution in [-0.2, 0) is 14.3 Å². The van der Waals surface area contributed by atoms with Gasteiger partial charge in [0.15, 0.2) is 0 Å². The van der Waals surface area contributed by atoms with Gasteiger partial charge in [0, 0.05) is 6.61 Å². The molecule has 4 fully saturated rings. The van der Waals surface area contributed by atoms with Crippen molar-refractivity contribution in [1.29, 1.82) is 0 Å². The Morgan fingerprint density at radius 1 is 1.25 bits per heavy atom. The molecule has 1 spiro atoms. The van der Waals surface area contributed by atoms with E-state index in [4.69, 9.17) is 9.47 Å². The molecular weight excluding hydrogens is 204 g/mol. The third-order valence-electron chi connectivity index (χ3n) is 5.67. The Balaban J connectivity index is 1.67. The van der Waals surface area contributed by atoms with Crippen LogP contribution in [0.5, 0.6) is 0 Å². The summed E-state index contributed by atoms with van der Waals surface area (Å²) in [6.45, 7) is 0.856. The topological polar surface area (TPSA) is 35.5 Å². The zero-order valence-electron chi connectivity index (χ0n) is 9.75. The van der Waals surface area contributed by atoms with Crippen LogP contribution in [0.3, 0.4) is 0 Å². The maximum Gasteiger partial charge on any atom is 0.312 e. The van der Waals surface area contributed by atoms with Gasteiger partial charge in [-0.25, -0.2) is 0 Å². The minimum atomic E-state index is -0.105. The fourth-order valence-corrected chi connectivity index (χ4v) is 4.42. The van der Waals surface area contributed by atoms with Crippen LogP contribution in [0.25, 0.3) is 0 Å². The van der Waals surface area contributed by atoms with Crippen molar-refractivity contribution in [3.63, 3.8) is 0 Å². The minimum Gasteiger partial charge on any atom is -0.469 e. The van der Waals surface area contributed by atoms with E-state index in [1.165, 1.54) is 26.4 Å². The minimum absolute atomic E-state index is 0.0488. The van der Waals surface area contributed by atoms with Crippen LogP contribution in [0.1, 0.15) is 38.5 Å². The summed E-state index contributed by atoms with van der Waals surface area (Å²) in [6, 6.07) is 0. The van der Waals surface area contributed by atoms with Crippen molar-refractivity contribution in [3.8, 4) is 0 Å². The van der Waals surface area contributed by atoms with E-state index in [-0.39, 0.29) is 22.4 Å². The number of carbonyl (C=O) groups is 1. The molecule has 88 valence electrons. The quantitative estimate of drug-likeness (QED) is 0.669. The molecule has 0 aromatic heterocycles. The lowest BCUT2D eigenvalue weighted by atomic mass is 9.78. The Labute approximate surface area is 95.5 Å². The van der Waals surface area contributed by atoms with Crippen LogP contribution >= 0.6 is 0 Å². The molecule has 0 amide bonds. The second kappa shape index (κ2) is 2.47. The number of hydrogen-bond acceptors (Lipinski definition) is 3. The number of esters is 1. The molecule has 0 radical (unpaired) electrons. The second-order valence-corrected chi connectivity index (χ2v) is 6.15.